The summed E-state index contributed by atoms with van der Waals surface area (Å²) in [5.41, 5.74) is 0.462. The van der Waals surface area contributed by atoms with Gasteiger partial charge in [0.1, 0.15) is 11.6 Å². The Labute approximate surface area is 187 Å². The summed E-state index contributed by atoms with van der Waals surface area (Å²) >= 11 is 0. The van der Waals surface area contributed by atoms with Crippen LogP contribution in [0.2, 0.25) is 0 Å². The lowest BCUT2D eigenvalue weighted by molar-refractivity contribution is 0.0761. The molecule has 1 aliphatic rings. The van der Waals surface area contributed by atoms with Crippen LogP contribution in [0.1, 0.15) is 40.0 Å². The molecule has 0 bridgehead atoms. The molecule has 0 heterocycles. The highest BCUT2D eigenvalue weighted by atomic mass is 19.1. The molecule has 0 radical (unpaired) electrons. The molecule has 1 fully saturated rings. The first-order valence-corrected chi connectivity index (χ1v) is 10.7. The lowest BCUT2D eigenvalue weighted by Crippen LogP contribution is -2.51. The van der Waals surface area contributed by atoms with Crippen molar-refractivity contribution in [1.29, 1.82) is 0 Å². The van der Waals surface area contributed by atoms with Gasteiger partial charge in [0.05, 0.1) is 0 Å². The molecule has 0 unspecified atom stereocenters. The second-order valence-electron chi connectivity index (χ2n) is 9.68. The number of carbonyl (C=O) groups excluding carboxylic acids is 2. The van der Waals surface area contributed by atoms with E-state index < -0.39 is 23.7 Å². The van der Waals surface area contributed by atoms with Crippen LogP contribution in [0.3, 0.4) is 0 Å². The summed E-state index contributed by atoms with van der Waals surface area (Å²) in [4.78, 5) is 24.8. The van der Waals surface area contributed by atoms with Crippen molar-refractivity contribution in [3.05, 3.63) is 60.2 Å². The van der Waals surface area contributed by atoms with E-state index in [0.717, 1.165) is 12.8 Å². The van der Waals surface area contributed by atoms with Crippen LogP contribution in [-0.4, -0.2) is 24.6 Å². The number of anilines is 2. The van der Waals surface area contributed by atoms with Crippen molar-refractivity contribution in [2.45, 2.75) is 46.1 Å². The topological polar surface area (TPSA) is 82.3 Å². The molecule has 4 N–H and O–H groups in total. The van der Waals surface area contributed by atoms with Crippen molar-refractivity contribution in [3.63, 3.8) is 0 Å². The Morgan fingerprint density at radius 2 is 1.47 bits per heavy atom. The summed E-state index contributed by atoms with van der Waals surface area (Å²) in [6.45, 7) is 6.75. The van der Waals surface area contributed by atoms with Crippen LogP contribution in [0.5, 0.6) is 0 Å². The van der Waals surface area contributed by atoms with Crippen LogP contribution in [0, 0.1) is 22.5 Å². The largest absolute Gasteiger partial charge is 0.337 e. The number of halogens is 2. The van der Waals surface area contributed by atoms with Gasteiger partial charge in [-0.15, -0.1) is 0 Å². The van der Waals surface area contributed by atoms with Crippen molar-refractivity contribution in [2.24, 2.45) is 10.8 Å². The minimum absolute atomic E-state index is 0.0511. The molecule has 8 heteroatoms. The Balaban J connectivity index is 1.57. The van der Waals surface area contributed by atoms with Crippen LogP contribution >= 0.6 is 0 Å². The molecule has 0 spiro atoms. The third kappa shape index (κ3) is 6.93. The third-order valence-corrected chi connectivity index (χ3v) is 5.62. The van der Waals surface area contributed by atoms with E-state index in [1.807, 2.05) is 0 Å². The number of amides is 4. The minimum atomic E-state index is -0.422. The number of urea groups is 2. The first-order chi connectivity index (χ1) is 15.0. The molecular weight excluding hydrogens is 414 g/mol. The highest BCUT2D eigenvalue weighted by Crippen LogP contribution is 2.45. The van der Waals surface area contributed by atoms with E-state index >= 15 is 0 Å². The molecule has 32 heavy (non-hydrogen) atoms. The fourth-order valence-electron chi connectivity index (χ4n) is 4.82. The Morgan fingerprint density at radius 3 is 2.03 bits per heavy atom. The molecule has 0 aromatic heterocycles. The van der Waals surface area contributed by atoms with Gasteiger partial charge in [-0.3, -0.25) is 0 Å². The zero-order valence-corrected chi connectivity index (χ0v) is 18.6. The van der Waals surface area contributed by atoms with Crippen LogP contribution in [0.15, 0.2) is 48.5 Å². The number of nitrogens with one attached hydrogen (secondary N) is 4. The SMILES string of the molecule is CC1(C)C[C@@H](NC(=O)Nc2cccc(F)c2)C[C@@](C)(CNC(=O)Nc2cccc(F)c2)C1. The Morgan fingerprint density at radius 1 is 0.906 bits per heavy atom. The first-order valence-electron chi connectivity index (χ1n) is 10.7. The Kier molecular flexibility index (Phi) is 7.01. The van der Waals surface area contributed by atoms with Gasteiger partial charge in [-0.25, -0.2) is 18.4 Å². The first kappa shape index (κ1) is 23.5. The van der Waals surface area contributed by atoms with Gasteiger partial charge < -0.3 is 21.3 Å². The number of hydrogen-bond donors (Lipinski definition) is 4. The predicted octanol–water partition coefficient (Wildman–Crippen LogP) is 5.49. The lowest BCUT2D eigenvalue weighted by atomic mass is 9.62. The molecule has 0 aliphatic heterocycles. The number of rotatable bonds is 5. The normalized spacial score (nSPS) is 22.0. The van der Waals surface area contributed by atoms with Crippen LogP contribution < -0.4 is 21.3 Å². The fourth-order valence-corrected chi connectivity index (χ4v) is 4.82. The number of benzene rings is 2. The molecular formula is C24H30F2N4O2. The van der Waals surface area contributed by atoms with Crippen LogP contribution in [0.25, 0.3) is 0 Å². The van der Waals surface area contributed by atoms with E-state index in [0.29, 0.717) is 24.3 Å². The summed E-state index contributed by atoms with van der Waals surface area (Å²) in [5, 5.41) is 11.2. The summed E-state index contributed by atoms with van der Waals surface area (Å²) in [6.07, 6.45) is 2.33. The van der Waals surface area contributed by atoms with Gasteiger partial charge in [-0.2, -0.15) is 0 Å². The maximum Gasteiger partial charge on any atom is 0.319 e. The Bertz CT molecular complexity index is 982. The van der Waals surface area contributed by atoms with E-state index in [1.165, 1.54) is 36.4 Å². The molecule has 1 aliphatic carbocycles. The molecule has 6 nitrogen and oxygen atoms in total. The van der Waals surface area contributed by atoms with E-state index in [1.54, 1.807) is 12.1 Å². The summed E-state index contributed by atoms with van der Waals surface area (Å²) < 4.78 is 26.7. The molecule has 172 valence electrons. The van der Waals surface area contributed by atoms with Crippen molar-refractivity contribution < 1.29 is 18.4 Å². The lowest BCUT2D eigenvalue weighted by Gasteiger charge is -2.46. The average molecular weight is 445 g/mol. The molecule has 1 saturated carbocycles. The van der Waals surface area contributed by atoms with Crippen molar-refractivity contribution >= 4 is 23.4 Å². The Hall–Kier alpha value is -3.16. The van der Waals surface area contributed by atoms with Gasteiger partial charge in [-0.05, 0) is 66.5 Å². The van der Waals surface area contributed by atoms with Crippen molar-refractivity contribution in [2.75, 3.05) is 17.2 Å². The monoisotopic (exact) mass is 444 g/mol. The van der Waals surface area contributed by atoms with Gasteiger partial charge in [0.15, 0.2) is 0 Å². The summed E-state index contributed by atoms with van der Waals surface area (Å²) in [7, 11) is 0. The second kappa shape index (κ2) is 9.54. The number of hydrogen-bond acceptors (Lipinski definition) is 2. The van der Waals surface area contributed by atoms with Crippen molar-refractivity contribution in [3.8, 4) is 0 Å². The molecule has 2 aromatic carbocycles. The van der Waals surface area contributed by atoms with Crippen LogP contribution in [0.4, 0.5) is 29.7 Å². The van der Waals surface area contributed by atoms with E-state index in [2.05, 4.69) is 42.0 Å². The van der Waals surface area contributed by atoms with Gasteiger partial charge in [0.2, 0.25) is 0 Å². The van der Waals surface area contributed by atoms with Crippen molar-refractivity contribution in [1.82, 2.24) is 10.6 Å². The number of carbonyl (C=O) groups is 2. The van der Waals surface area contributed by atoms with Gasteiger partial charge in [0, 0.05) is 24.0 Å². The standard InChI is InChI=1S/C24H30F2N4O2/c1-23(2)12-20(30-22(32)29-19-9-5-7-17(26)11-19)13-24(3,14-23)15-27-21(31)28-18-8-4-6-16(25)10-18/h4-11,20H,12-15H2,1-3H3,(H2,27,28,31)(H2,29,30,32)/t20-,24-/m1/s1. The average Bonchev–Trinajstić information content (AvgIpc) is 2.65. The summed E-state index contributed by atoms with van der Waals surface area (Å²) in [6, 6.07) is 10.5. The summed E-state index contributed by atoms with van der Waals surface area (Å²) in [5.74, 6) is -0.842. The highest BCUT2D eigenvalue weighted by molar-refractivity contribution is 5.90. The van der Waals surface area contributed by atoms with Gasteiger partial charge in [-0.1, -0.05) is 32.9 Å². The zero-order valence-electron chi connectivity index (χ0n) is 18.6. The molecule has 3 rings (SSSR count). The van der Waals surface area contributed by atoms with Gasteiger partial charge >= 0.3 is 12.1 Å². The van der Waals surface area contributed by atoms with Crippen LogP contribution in [-0.2, 0) is 0 Å². The minimum Gasteiger partial charge on any atom is -0.337 e. The smallest absolute Gasteiger partial charge is 0.319 e. The maximum atomic E-state index is 13.4. The fraction of sp³-hybridized carbons (Fsp3) is 0.417. The zero-order chi connectivity index (χ0) is 23.4. The highest BCUT2D eigenvalue weighted by Gasteiger charge is 2.41. The second-order valence-corrected chi connectivity index (χ2v) is 9.68. The third-order valence-electron chi connectivity index (χ3n) is 5.62. The molecule has 0 saturated heterocycles. The molecule has 2 aromatic rings. The maximum absolute atomic E-state index is 13.4. The molecule has 2 atom stereocenters. The quantitative estimate of drug-likeness (QED) is 0.492. The predicted molar refractivity (Wildman–Crippen MR) is 122 cm³/mol. The van der Waals surface area contributed by atoms with E-state index in [-0.39, 0.29) is 16.9 Å². The van der Waals surface area contributed by atoms with E-state index in [9.17, 15) is 18.4 Å². The van der Waals surface area contributed by atoms with Gasteiger partial charge in [0.25, 0.3) is 0 Å². The molecule has 4 amide bonds. The van der Waals surface area contributed by atoms with E-state index in [4.69, 9.17) is 0 Å².